The smallest absolute Gasteiger partial charge is 0.120 e. The van der Waals surface area contributed by atoms with Gasteiger partial charge in [-0.1, -0.05) is 13.8 Å². The van der Waals surface area contributed by atoms with E-state index in [1.54, 1.807) is 0 Å². The van der Waals surface area contributed by atoms with Gasteiger partial charge in [0.15, 0.2) is 0 Å². The maximum Gasteiger partial charge on any atom is 0.120 e. The molecule has 0 bridgehead atoms. The van der Waals surface area contributed by atoms with E-state index in [-0.39, 0.29) is 0 Å². The van der Waals surface area contributed by atoms with Crippen LogP contribution in [-0.2, 0) is 6.42 Å². The molecule has 0 aromatic carbocycles. The fourth-order valence-corrected chi connectivity index (χ4v) is 1.57. The van der Waals surface area contributed by atoms with Crippen LogP contribution in [0.15, 0.2) is 12.1 Å². The minimum absolute atomic E-state index is 0.430. The third kappa shape index (κ3) is 1.75. The fraction of sp³-hybridized carbons (Fsp3) is 0.545. The summed E-state index contributed by atoms with van der Waals surface area (Å²) in [5.41, 5.74) is 2.04. The molecule has 0 amide bonds. The molecule has 1 atom stereocenters. The van der Waals surface area contributed by atoms with Crippen LogP contribution in [0.5, 0.6) is 0 Å². The van der Waals surface area contributed by atoms with Crippen LogP contribution in [0.25, 0.3) is 0 Å². The number of rotatable bonds is 3. The van der Waals surface area contributed by atoms with E-state index in [0.29, 0.717) is 6.04 Å². The molecule has 0 saturated carbocycles. The second-order valence-electron chi connectivity index (χ2n) is 3.30. The third-order valence-electron chi connectivity index (χ3n) is 2.51. The van der Waals surface area contributed by atoms with E-state index in [0.717, 1.165) is 18.5 Å². The molecule has 0 spiro atoms. The van der Waals surface area contributed by atoms with Gasteiger partial charge in [0.25, 0.3) is 0 Å². The zero-order chi connectivity index (χ0) is 9.84. The Balaban J connectivity index is 3.14. The standard InChI is InChI=1S/C11H16N2/c1-4-9(3)13-10(5-2)6-7-11(13)8-12/h6-7,9H,4-5H2,1-3H3/t9-/m0/s1. The Bertz CT molecular complexity index is 317. The molecule has 0 aliphatic heterocycles. The summed E-state index contributed by atoms with van der Waals surface area (Å²) in [6.07, 6.45) is 2.06. The second kappa shape index (κ2) is 4.13. The van der Waals surface area contributed by atoms with Crippen molar-refractivity contribution in [2.24, 2.45) is 0 Å². The van der Waals surface area contributed by atoms with Crippen molar-refractivity contribution in [2.75, 3.05) is 0 Å². The van der Waals surface area contributed by atoms with Gasteiger partial charge in [0, 0.05) is 11.7 Å². The van der Waals surface area contributed by atoms with Crippen LogP contribution >= 0.6 is 0 Å². The molecule has 0 unspecified atom stereocenters. The Kier molecular flexibility index (Phi) is 3.13. The number of hydrogen-bond donors (Lipinski definition) is 0. The average Bonchev–Trinajstić information content (AvgIpc) is 2.59. The summed E-state index contributed by atoms with van der Waals surface area (Å²) in [6, 6.07) is 6.61. The molecule has 13 heavy (non-hydrogen) atoms. The van der Waals surface area contributed by atoms with Crippen LogP contribution in [0.1, 0.15) is 44.6 Å². The minimum Gasteiger partial charge on any atom is -0.334 e. The highest BCUT2D eigenvalue weighted by atomic mass is 15.0. The Hall–Kier alpha value is -1.23. The minimum atomic E-state index is 0.430. The lowest BCUT2D eigenvalue weighted by molar-refractivity contribution is 0.512. The van der Waals surface area contributed by atoms with Gasteiger partial charge in [-0.05, 0) is 31.9 Å². The van der Waals surface area contributed by atoms with Gasteiger partial charge in [-0.3, -0.25) is 0 Å². The molecule has 0 aliphatic rings. The number of nitrogens with zero attached hydrogens (tertiary/aromatic N) is 2. The van der Waals surface area contributed by atoms with E-state index in [1.165, 1.54) is 5.69 Å². The summed E-state index contributed by atoms with van der Waals surface area (Å²) >= 11 is 0. The average molecular weight is 176 g/mol. The number of aromatic nitrogens is 1. The van der Waals surface area contributed by atoms with Crippen molar-refractivity contribution in [3.63, 3.8) is 0 Å². The topological polar surface area (TPSA) is 28.7 Å². The van der Waals surface area contributed by atoms with Crippen LogP contribution in [-0.4, -0.2) is 4.57 Å². The normalized spacial score (nSPS) is 12.5. The van der Waals surface area contributed by atoms with Crippen molar-refractivity contribution < 1.29 is 0 Å². The molecule has 2 nitrogen and oxygen atoms in total. The highest BCUT2D eigenvalue weighted by Crippen LogP contribution is 2.18. The molecule has 1 aromatic heterocycles. The van der Waals surface area contributed by atoms with E-state index in [4.69, 9.17) is 5.26 Å². The molecule has 0 N–H and O–H groups in total. The Labute approximate surface area is 79.8 Å². The molecular formula is C11H16N2. The van der Waals surface area contributed by atoms with Crippen molar-refractivity contribution in [1.82, 2.24) is 4.57 Å². The van der Waals surface area contributed by atoms with Crippen molar-refractivity contribution in [3.8, 4) is 6.07 Å². The molecule has 0 aliphatic carbocycles. The molecular weight excluding hydrogens is 160 g/mol. The van der Waals surface area contributed by atoms with E-state index in [2.05, 4.69) is 31.4 Å². The first-order valence-electron chi connectivity index (χ1n) is 4.84. The lowest BCUT2D eigenvalue weighted by Gasteiger charge is -2.16. The molecule has 0 fully saturated rings. The maximum absolute atomic E-state index is 8.90. The highest BCUT2D eigenvalue weighted by Gasteiger charge is 2.10. The van der Waals surface area contributed by atoms with Crippen molar-refractivity contribution in [1.29, 1.82) is 5.26 Å². The zero-order valence-corrected chi connectivity index (χ0v) is 8.54. The second-order valence-corrected chi connectivity index (χ2v) is 3.30. The van der Waals surface area contributed by atoms with Crippen LogP contribution in [0, 0.1) is 11.3 Å². The van der Waals surface area contributed by atoms with Gasteiger partial charge in [-0.2, -0.15) is 5.26 Å². The Morgan fingerprint density at radius 2 is 2.15 bits per heavy atom. The summed E-state index contributed by atoms with van der Waals surface area (Å²) in [4.78, 5) is 0. The monoisotopic (exact) mass is 176 g/mol. The van der Waals surface area contributed by atoms with Crippen molar-refractivity contribution in [2.45, 2.75) is 39.7 Å². The van der Waals surface area contributed by atoms with Gasteiger partial charge in [0.1, 0.15) is 11.8 Å². The summed E-state index contributed by atoms with van der Waals surface area (Å²) < 4.78 is 2.14. The number of nitriles is 1. The summed E-state index contributed by atoms with van der Waals surface area (Å²) in [5, 5.41) is 8.90. The predicted molar refractivity (Wildman–Crippen MR) is 53.5 cm³/mol. The molecule has 2 heteroatoms. The van der Waals surface area contributed by atoms with Gasteiger partial charge in [-0.15, -0.1) is 0 Å². The fourth-order valence-electron chi connectivity index (χ4n) is 1.57. The molecule has 1 rings (SSSR count). The van der Waals surface area contributed by atoms with Crippen LogP contribution in [0.3, 0.4) is 0 Å². The van der Waals surface area contributed by atoms with Crippen LogP contribution in [0.4, 0.5) is 0 Å². The predicted octanol–water partition coefficient (Wildman–Crippen LogP) is 2.89. The van der Waals surface area contributed by atoms with Crippen molar-refractivity contribution in [3.05, 3.63) is 23.5 Å². The summed E-state index contributed by atoms with van der Waals surface area (Å²) in [6.45, 7) is 6.42. The summed E-state index contributed by atoms with van der Waals surface area (Å²) in [5.74, 6) is 0. The molecule has 1 heterocycles. The molecule has 0 saturated heterocycles. The first kappa shape index (κ1) is 9.85. The van der Waals surface area contributed by atoms with E-state index >= 15 is 0 Å². The van der Waals surface area contributed by atoms with Gasteiger partial charge in [-0.25, -0.2) is 0 Å². The Morgan fingerprint density at radius 1 is 1.46 bits per heavy atom. The molecule has 1 aromatic rings. The van der Waals surface area contributed by atoms with Gasteiger partial charge >= 0.3 is 0 Å². The maximum atomic E-state index is 8.90. The quantitative estimate of drug-likeness (QED) is 0.696. The van der Waals surface area contributed by atoms with Gasteiger partial charge in [0.2, 0.25) is 0 Å². The Morgan fingerprint density at radius 3 is 2.62 bits per heavy atom. The number of hydrogen-bond acceptors (Lipinski definition) is 1. The first-order valence-corrected chi connectivity index (χ1v) is 4.84. The highest BCUT2D eigenvalue weighted by molar-refractivity contribution is 5.27. The number of aryl methyl sites for hydroxylation is 1. The summed E-state index contributed by atoms with van der Waals surface area (Å²) in [7, 11) is 0. The molecule has 70 valence electrons. The lowest BCUT2D eigenvalue weighted by Crippen LogP contribution is -2.09. The van der Waals surface area contributed by atoms with Gasteiger partial charge < -0.3 is 4.57 Å². The van der Waals surface area contributed by atoms with E-state index in [1.807, 2.05) is 12.1 Å². The molecule has 0 radical (unpaired) electrons. The van der Waals surface area contributed by atoms with E-state index in [9.17, 15) is 0 Å². The van der Waals surface area contributed by atoms with E-state index < -0.39 is 0 Å². The third-order valence-corrected chi connectivity index (χ3v) is 2.51. The zero-order valence-electron chi connectivity index (χ0n) is 8.54. The SMILES string of the molecule is CCc1ccc(C#N)n1[C@@H](C)CC. The van der Waals surface area contributed by atoms with Crippen molar-refractivity contribution >= 4 is 0 Å². The van der Waals surface area contributed by atoms with Gasteiger partial charge in [0.05, 0.1) is 0 Å². The van der Waals surface area contributed by atoms with Crippen LogP contribution in [0.2, 0.25) is 0 Å². The first-order chi connectivity index (χ1) is 6.24. The van der Waals surface area contributed by atoms with Crippen LogP contribution < -0.4 is 0 Å². The largest absolute Gasteiger partial charge is 0.334 e. The lowest BCUT2D eigenvalue weighted by atomic mass is 10.2.